The molecule has 0 N–H and O–H groups in total. The van der Waals surface area contributed by atoms with Crippen molar-refractivity contribution in [1.82, 2.24) is 9.80 Å². The first-order valence-corrected chi connectivity index (χ1v) is 7.59. The molecule has 1 atom stereocenters. The summed E-state index contributed by atoms with van der Waals surface area (Å²) in [6.07, 6.45) is 3.86. The average Bonchev–Trinajstić information content (AvgIpc) is 2.51. The van der Waals surface area contributed by atoms with E-state index in [0.29, 0.717) is 12.6 Å². The van der Waals surface area contributed by atoms with Gasteiger partial charge in [-0.25, -0.2) is 18.0 Å². The predicted octanol–water partition coefficient (Wildman–Crippen LogP) is 3.92. The number of urea groups is 1. The molecule has 1 aromatic rings. The molecule has 3 nitrogen and oxygen atoms in total. The highest BCUT2D eigenvalue weighted by Crippen LogP contribution is 2.22. The van der Waals surface area contributed by atoms with E-state index in [1.54, 1.807) is 4.90 Å². The highest BCUT2D eigenvalue weighted by atomic mass is 19.2. The van der Waals surface area contributed by atoms with Crippen molar-refractivity contribution in [3.8, 4) is 0 Å². The van der Waals surface area contributed by atoms with E-state index in [1.807, 2.05) is 6.92 Å². The zero-order valence-electron chi connectivity index (χ0n) is 12.9. The van der Waals surface area contributed by atoms with Crippen LogP contribution in [-0.4, -0.2) is 35.5 Å². The van der Waals surface area contributed by atoms with Crippen LogP contribution < -0.4 is 0 Å². The molecule has 1 saturated heterocycles. The lowest BCUT2D eigenvalue weighted by Gasteiger charge is -2.37. The van der Waals surface area contributed by atoms with E-state index >= 15 is 0 Å². The third-order valence-electron chi connectivity index (χ3n) is 4.15. The molecule has 1 heterocycles. The normalized spacial score (nSPS) is 18.4. The molecule has 1 aliphatic rings. The van der Waals surface area contributed by atoms with Gasteiger partial charge < -0.3 is 9.80 Å². The Hall–Kier alpha value is -1.72. The Bertz CT molecular complexity index is 550. The summed E-state index contributed by atoms with van der Waals surface area (Å²) < 4.78 is 40.1. The molecule has 2 amide bonds. The number of amides is 2. The number of hydrogen-bond donors (Lipinski definition) is 0. The molecule has 0 aliphatic carbocycles. The van der Waals surface area contributed by atoms with Crippen molar-refractivity contribution in [2.24, 2.45) is 0 Å². The van der Waals surface area contributed by atoms with Gasteiger partial charge in [0.1, 0.15) is 5.82 Å². The van der Waals surface area contributed by atoms with E-state index in [9.17, 15) is 18.0 Å². The van der Waals surface area contributed by atoms with Gasteiger partial charge in [0, 0.05) is 31.3 Å². The third kappa shape index (κ3) is 3.54. The minimum Gasteiger partial charge on any atom is -0.323 e. The molecule has 22 heavy (non-hydrogen) atoms. The van der Waals surface area contributed by atoms with Gasteiger partial charge in [-0.05, 0) is 31.7 Å². The van der Waals surface area contributed by atoms with Crippen molar-refractivity contribution in [2.45, 2.75) is 45.2 Å². The Morgan fingerprint density at radius 1 is 1.32 bits per heavy atom. The number of halogens is 3. The lowest BCUT2D eigenvalue weighted by molar-refractivity contribution is 0.119. The predicted molar refractivity (Wildman–Crippen MR) is 77.8 cm³/mol. The minimum absolute atomic E-state index is 0.154. The van der Waals surface area contributed by atoms with E-state index < -0.39 is 17.5 Å². The van der Waals surface area contributed by atoms with E-state index in [4.69, 9.17) is 0 Å². The lowest BCUT2D eigenvalue weighted by Crippen LogP contribution is -2.48. The fourth-order valence-corrected chi connectivity index (χ4v) is 2.94. The Kier molecular flexibility index (Phi) is 5.32. The van der Waals surface area contributed by atoms with E-state index in [-0.39, 0.29) is 24.2 Å². The first kappa shape index (κ1) is 16.6. The Labute approximate surface area is 128 Å². The van der Waals surface area contributed by atoms with Crippen LogP contribution >= 0.6 is 0 Å². The fraction of sp³-hybridized carbons (Fsp3) is 0.562. The number of nitrogens with zero attached hydrogens (tertiary/aromatic N) is 2. The Balaban J connectivity index is 2.11. The number of likely N-dealkylation sites (tertiary alicyclic amines) is 1. The summed E-state index contributed by atoms with van der Waals surface area (Å²) in [6, 6.07) is 1.38. The summed E-state index contributed by atoms with van der Waals surface area (Å²) in [5, 5.41) is 0. The number of benzene rings is 1. The van der Waals surface area contributed by atoms with Crippen LogP contribution in [0.3, 0.4) is 0 Å². The van der Waals surface area contributed by atoms with Crippen molar-refractivity contribution in [1.29, 1.82) is 0 Å². The van der Waals surface area contributed by atoms with Crippen LogP contribution in [0.25, 0.3) is 0 Å². The number of piperidine rings is 1. The molecule has 1 unspecified atom stereocenters. The Morgan fingerprint density at radius 2 is 2.05 bits per heavy atom. The van der Waals surface area contributed by atoms with Gasteiger partial charge in [0.05, 0.1) is 6.54 Å². The minimum atomic E-state index is -1.24. The van der Waals surface area contributed by atoms with Gasteiger partial charge in [0.15, 0.2) is 11.6 Å². The number of rotatable bonds is 3. The lowest BCUT2D eigenvalue weighted by atomic mass is 10.0. The number of carbonyl (C=O) groups excluding carboxylic acids is 1. The monoisotopic (exact) mass is 314 g/mol. The molecule has 1 aliphatic heterocycles. The maximum Gasteiger partial charge on any atom is 0.320 e. The van der Waals surface area contributed by atoms with Crippen LogP contribution in [0, 0.1) is 17.5 Å². The summed E-state index contributed by atoms with van der Waals surface area (Å²) >= 11 is 0. The fourth-order valence-electron chi connectivity index (χ4n) is 2.94. The molecule has 2 rings (SSSR count). The first-order valence-electron chi connectivity index (χ1n) is 7.59. The molecule has 0 aromatic heterocycles. The molecule has 1 aromatic carbocycles. The van der Waals surface area contributed by atoms with Crippen LogP contribution in [0.1, 0.15) is 38.2 Å². The summed E-state index contributed by atoms with van der Waals surface area (Å²) in [5.41, 5.74) is -0.154. The van der Waals surface area contributed by atoms with Gasteiger partial charge in [0.25, 0.3) is 0 Å². The molecular formula is C16H21F3N2O. The summed E-state index contributed by atoms with van der Waals surface area (Å²) in [6.45, 7) is 2.53. The summed E-state index contributed by atoms with van der Waals surface area (Å²) in [7, 11) is 1.52. The average molecular weight is 314 g/mol. The van der Waals surface area contributed by atoms with Crippen LogP contribution in [0.2, 0.25) is 0 Å². The first-order chi connectivity index (χ1) is 10.4. The molecule has 0 radical (unpaired) electrons. The van der Waals surface area contributed by atoms with E-state index in [2.05, 4.69) is 0 Å². The molecule has 0 bridgehead atoms. The quantitative estimate of drug-likeness (QED) is 0.776. The van der Waals surface area contributed by atoms with Crippen LogP contribution in [0.4, 0.5) is 18.0 Å². The standard InChI is InChI=1S/C16H21F3N2O/c1-3-13-6-4-5-7-21(13)16(22)20(2)10-11-8-12(17)9-14(18)15(11)19/h8-9,13H,3-7,10H2,1-2H3. The smallest absolute Gasteiger partial charge is 0.320 e. The largest absolute Gasteiger partial charge is 0.323 e. The van der Waals surface area contributed by atoms with Gasteiger partial charge >= 0.3 is 6.03 Å². The van der Waals surface area contributed by atoms with E-state index in [1.165, 1.54) is 11.9 Å². The topological polar surface area (TPSA) is 23.6 Å². The van der Waals surface area contributed by atoms with Crippen molar-refractivity contribution in [2.75, 3.05) is 13.6 Å². The van der Waals surface area contributed by atoms with Gasteiger partial charge in [-0.3, -0.25) is 0 Å². The van der Waals surface area contributed by atoms with Gasteiger partial charge in [-0.2, -0.15) is 0 Å². The second-order valence-electron chi connectivity index (χ2n) is 5.75. The van der Waals surface area contributed by atoms with Crippen molar-refractivity contribution in [3.05, 3.63) is 35.1 Å². The molecular weight excluding hydrogens is 293 g/mol. The van der Waals surface area contributed by atoms with E-state index in [0.717, 1.165) is 31.7 Å². The molecule has 0 spiro atoms. The van der Waals surface area contributed by atoms with Crippen molar-refractivity contribution in [3.63, 3.8) is 0 Å². The zero-order chi connectivity index (χ0) is 16.3. The highest BCUT2D eigenvalue weighted by molar-refractivity contribution is 5.74. The van der Waals surface area contributed by atoms with Crippen molar-refractivity contribution >= 4 is 6.03 Å². The molecule has 1 fully saturated rings. The maximum absolute atomic E-state index is 13.7. The van der Waals surface area contributed by atoms with Gasteiger partial charge in [0.2, 0.25) is 0 Å². The summed E-state index contributed by atoms with van der Waals surface area (Å²) in [5.74, 6) is -3.19. The number of hydrogen-bond acceptors (Lipinski definition) is 1. The van der Waals surface area contributed by atoms with Gasteiger partial charge in [-0.1, -0.05) is 6.92 Å². The maximum atomic E-state index is 13.7. The Morgan fingerprint density at radius 3 is 2.73 bits per heavy atom. The highest BCUT2D eigenvalue weighted by Gasteiger charge is 2.28. The second-order valence-corrected chi connectivity index (χ2v) is 5.75. The second kappa shape index (κ2) is 7.03. The SMILES string of the molecule is CCC1CCCCN1C(=O)N(C)Cc1cc(F)cc(F)c1F. The summed E-state index contributed by atoms with van der Waals surface area (Å²) in [4.78, 5) is 15.6. The van der Waals surface area contributed by atoms with Gasteiger partial charge in [-0.15, -0.1) is 0 Å². The molecule has 6 heteroatoms. The van der Waals surface area contributed by atoms with Crippen molar-refractivity contribution < 1.29 is 18.0 Å². The van der Waals surface area contributed by atoms with Crippen LogP contribution in [0.5, 0.6) is 0 Å². The number of carbonyl (C=O) groups is 1. The van der Waals surface area contributed by atoms with Crippen LogP contribution in [-0.2, 0) is 6.54 Å². The third-order valence-corrected chi connectivity index (χ3v) is 4.15. The van der Waals surface area contributed by atoms with Crippen LogP contribution in [0.15, 0.2) is 12.1 Å². The molecule has 122 valence electrons. The molecule has 0 saturated carbocycles. The zero-order valence-corrected chi connectivity index (χ0v) is 12.9.